The zero-order chi connectivity index (χ0) is 15.0. The predicted molar refractivity (Wildman–Crippen MR) is 70.1 cm³/mol. The highest BCUT2D eigenvalue weighted by Gasteiger charge is 2.43. The van der Waals surface area contributed by atoms with Crippen LogP contribution in [-0.4, -0.2) is 34.6 Å². The zero-order valence-corrected chi connectivity index (χ0v) is 11.8. The van der Waals surface area contributed by atoms with Crippen molar-refractivity contribution in [1.29, 1.82) is 0 Å². The van der Waals surface area contributed by atoms with Crippen molar-refractivity contribution in [2.24, 2.45) is 11.8 Å². The minimum absolute atomic E-state index is 0.0429. The van der Waals surface area contributed by atoms with E-state index in [0.717, 1.165) is 4.90 Å². The fourth-order valence-corrected chi connectivity index (χ4v) is 2.56. The molecule has 2 atom stereocenters. The summed E-state index contributed by atoms with van der Waals surface area (Å²) >= 11 is 0. The summed E-state index contributed by atoms with van der Waals surface area (Å²) in [5.41, 5.74) is 0.466. The van der Waals surface area contributed by atoms with Crippen molar-refractivity contribution in [1.82, 2.24) is 10.2 Å². The molecule has 1 N–H and O–H groups in total. The average Bonchev–Trinajstić information content (AvgIpc) is 2.36. The molecule has 2 aliphatic rings. The lowest BCUT2D eigenvalue weighted by Crippen LogP contribution is -2.59. The first-order chi connectivity index (χ1) is 9.32. The second-order valence-electron chi connectivity index (χ2n) is 5.60. The number of carbonyl (C=O) groups excluding carboxylic acids is 4. The van der Waals surface area contributed by atoms with Crippen LogP contribution in [0.25, 0.3) is 0 Å². The summed E-state index contributed by atoms with van der Waals surface area (Å²) in [4.78, 5) is 48.7. The van der Waals surface area contributed by atoms with Crippen LogP contribution in [0.1, 0.15) is 33.6 Å². The first-order valence-corrected chi connectivity index (χ1v) is 6.72. The Kier molecular flexibility index (Phi) is 3.74. The van der Waals surface area contributed by atoms with Crippen LogP contribution in [0.3, 0.4) is 0 Å². The molecule has 0 bridgehead atoms. The molecule has 0 saturated carbocycles. The van der Waals surface area contributed by atoms with E-state index in [1.807, 2.05) is 13.8 Å². The summed E-state index contributed by atoms with van der Waals surface area (Å²) in [6, 6.07) is -0.877. The quantitative estimate of drug-likeness (QED) is 0.740. The number of nitrogens with one attached hydrogen (secondary N) is 1. The zero-order valence-electron chi connectivity index (χ0n) is 11.8. The number of hydrogen-bond acceptors (Lipinski definition) is 4. The van der Waals surface area contributed by atoms with Crippen molar-refractivity contribution in [3.05, 3.63) is 11.6 Å². The van der Waals surface area contributed by atoms with Crippen molar-refractivity contribution in [2.45, 2.75) is 39.7 Å². The smallest absolute Gasteiger partial charge is 0.256 e. The van der Waals surface area contributed by atoms with E-state index in [1.165, 1.54) is 0 Å². The van der Waals surface area contributed by atoms with E-state index < -0.39 is 23.8 Å². The van der Waals surface area contributed by atoms with Gasteiger partial charge in [0.15, 0.2) is 0 Å². The van der Waals surface area contributed by atoms with Crippen LogP contribution in [0.5, 0.6) is 0 Å². The fourth-order valence-electron chi connectivity index (χ4n) is 2.56. The molecule has 0 aromatic heterocycles. The Morgan fingerprint density at radius 2 is 1.90 bits per heavy atom. The molecule has 2 rings (SSSR count). The van der Waals surface area contributed by atoms with E-state index in [1.54, 1.807) is 13.0 Å². The Labute approximate surface area is 117 Å². The normalized spacial score (nSPS) is 27.8. The highest BCUT2D eigenvalue weighted by molar-refractivity contribution is 6.12. The van der Waals surface area contributed by atoms with Crippen molar-refractivity contribution >= 4 is 23.6 Å². The highest BCUT2D eigenvalue weighted by atomic mass is 16.2. The van der Waals surface area contributed by atoms with E-state index in [4.69, 9.17) is 0 Å². The monoisotopic (exact) mass is 278 g/mol. The molecule has 0 radical (unpaired) electrons. The van der Waals surface area contributed by atoms with Crippen molar-refractivity contribution < 1.29 is 19.2 Å². The molecule has 1 saturated heterocycles. The van der Waals surface area contributed by atoms with Crippen LogP contribution < -0.4 is 5.32 Å². The van der Waals surface area contributed by atoms with E-state index in [2.05, 4.69) is 5.32 Å². The Morgan fingerprint density at radius 1 is 1.25 bits per heavy atom. The second kappa shape index (κ2) is 5.19. The van der Waals surface area contributed by atoms with Crippen molar-refractivity contribution in [2.75, 3.05) is 0 Å². The maximum absolute atomic E-state index is 12.4. The molecule has 0 spiro atoms. The minimum atomic E-state index is -0.877. The lowest BCUT2D eigenvalue weighted by molar-refractivity contribution is -0.156. The maximum atomic E-state index is 12.4. The molecule has 0 aromatic rings. The van der Waals surface area contributed by atoms with Crippen LogP contribution in [0.2, 0.25) is 0 Å². The molecule has 2 aliphatic heterocycles. The first kappa shape index (κ1) is 14.4. The molecule has 4 amide bonds. The number of amides is 4. The molecule has 6 nitrogen and oxygen atoms in total. The van der Waals surface area contributed by atoms with Crippen molar-refractivity contribution in [3.8, 4) is 0 Å². The van der Waals surface area contributed by atoms with Gasteiger partial charge in [-0.05, 0) is 19.3 Å². The molecule has 108 valence electrons. The van der Waals surface area contributed by atoms with Gasteiger partial charge in [-0.15, -0.1) is 0 Å². The SMILES string of the molecule is CC1=CC(C(C)C)C(=O)N(C2CCC(=O)NC2=O)C1=O. The van der Waals surface area contributed by atoms with Gasteiger partial charge in [-0.25, -0.2) is 0 Å². The third-order valence-electron chi connectivity index (χ3n) is 3.75. The van der Waals surface area contributed by atoms with Gasteiger partial charge in [0.05, 0.1) is 5.92 Å². The molecule has 6 heteroatoms. The summed E-state index contributed by atoms with van der Waals surface area (Å²) in [5.74, 6) is -2.10. The van der Waals surface area contributed by atoms with Gasteiger partial charge in [0.25, 0.3) is 5.91 Å². The van der Waals surface area contributed by atoms with E-state index in [0.29, 0.717) is 5.57 Å². The van der Waals surface area contributed by atoms with Crippen LogP contribution in [0.4, 0.5) is 0 Å². The number of imide groups is 2. The van der Waals surface area contributed by atoms with Crippen molar-refractivity contribution in [3.63, 3.8) is 0 Å². The second-order valence-corrected chi connectivity index (χ2v) is 5.60. The summed E-state index contributed by atoms with van der Waals surface area (Å²) in [6.07, 6.45) is 2.00. The number of rotatable bonds is 2. The summed E-state index contributed by atoms with van der Waals surface area (Å²) < 4.78 is 0. The van der Waals surface area contributed by atoms with Crippen LogP contribution in [-0.2, 0) is 19.2 Å². The van der Waals surface area contributed by atoms with E-state index in [-0.39, 0.29) is 30.6 Å². The Hall–Kier alpha value is -1.98. The molecular formula is C14H18N2O4. The molecule has 0 aliphatic carbocycles. The summed E-state index contributed by atoms with van der Waals surface area (Å²) in [6.45, 7) is 5.43. The van der Waals surface area contributed by atoms with Gasteiger partial charge in [0, 0.05) is 12.0 Å². The Morgan fingerprint density at radius 3 is 2.45 bits per heavy atom. The molecule has 0 aromatic carbocycles. The predicted octanol–water partition coefficient (Wildman–Crippen LogP) is 0.379. The maximum Gasteiger partial charge on any atom is 0.256 e. The number of piperidine rings is 1. The van der Waals surface area contributed by atoms with Gasteiger partial charge in [-0.1, -0.05) is 19.9 Å². The van der Waals surface area contributed by atoms with Gasteiger partial charge in [-0.2, -0.15) is 0 Å². The van der Waals surface area contributed by atoms with Gasteiger partial charge >= 0.3 is 0 Å². The summed E-state index contributed by atoms with van der Waals surface area (Å²) in [7, 11) is 0. The van der Waals surface area contributed by atoms with Crippen LogP contribution in [0.15, 0.2) is 11.6 Å². The third kappa shape index (κ3) is 2.37. The van der Waals surface area contributed by atoms with E-state index in [9.17, 15) is 19.2 Å². The topological polar surface area (TPSA) is 83.6 Å². The molecular weight excluding hydrogens is 260 g/mol. The molecule has 2 unspecified atom stereocenters. The van der Waals surface area contributed by atoms with Gasteiger partial charge in [0.2, 0.25) is 17.7 Å². The van der Waals surface area contributed by atoms with E-state index >= 15 is 0 Å². The van der Waals surface area contributed by atoms with Gasteiger partial charge in [-0.3, -0.25) is 29.4 Å². The number of carbonyl (C=O) groups is 4. The number of hydrogen-bond donors (Lipinski definition) is 1. The first-order valence-electron chi connectivity index (χ1n) is 6.72. The Bertz CT molecular complexity index is 521. The standard InChI is InChI=1S/C14H18N2O4/c1-7(2)9-6-8(3)13(19)16(14(9)20)10-4-5-11(17)15-12(10)18/h6-7,9-10H,4-5H2,1-3H3,(H,15,17,18). The number of nitrogens with zero attached hydrogens (tertiary/aromatic N) is 1. The average molecular weight is 278 g/mol. The fraction of sp³-hybridized carbons (Fsp3) is 0.571. The van der Waals surface area contributed by atoms with Gasteiger partial charge < -0.3 is 0 Å². The highest BCUT2D eigenvalue weighted by Crippen LogP contribution is 2.27. The van der Waals surface area contributed by atoms with Gasteiger partial charge in [0.1, 0.15) is 6.04 Å². The largest absolute Gasteiger partial charge is 0.295 e. The minimum Gasteiger partial charge on any atom is -0.295 e. The Balaban J connectivity index is 2.33. The lowest BCUT2D eigenvalue weighted by Gasteiger charge is -2.37. The van der Waals surface area contributed by atoms with Crippen LogP contribution in [0, 0.1) is 11.8 Å². The van der Waals surface area contributed by atoms with Crippen LogP contribution >= 0.6 is 0 Å². The lowest BCUT2D eigenvalue weighted by atomic mass is 9.87. The molecule has 2 heterocycles. The third-order valence-corrected chi connectivity index (χ3v) is 3.75. The summed E-state index contributed by atoms with van der Waals surface area (Å²) in [5, 5.41) is 2.18. The molecule has 1 fully saturated rings. The molecule has 20 heavy (non-hydrogen) atoms.